The SMILES string of the molecule is CNCCCn1cc(C2=C(c3c[nH]c4ccccc34)C(=O)NC2=O)c2cccc(C)c21. The van der Waals surface area contributed by atoms with Gasteiger partial charge in [-0.2, -0.15) is 0 Å². The summed E-state index contributed by atoms with van der Waals surface area (Å²) in [5, 5.41) is 7.62. The first-order chi connectivity index (χ1) is 15.1. The van der Waals surface area contributed by atoms with E-state index in [1.165, 1.54) is 0 Å². The first-order valence-electron chi connectivity index (χ1n) is 10.5. The molecule has 156 valence electrons. The number of fused-ring (bicyclic) bond motifs is 2. The van der Waals surface area contributed by atoms with E-state index >= 15 is 0 Å². The van der Waals surface area contributed by atoms with Crippen LogP contribution < -0.4 is 10.6 Å². The highest BCUT2D eigenvalue weighted by molar-refractivity contribution is 6.50. The van der Waals surface area contributed by atoms with E-state index in [2.05, 4.69) is 33.2 Å². The molecule has 1 aliphatic rings. The van der Waals surface area contributed by atoms with E-state index < -0.39 is 0 Å². The maximum Gasteiger partial charge on any atom is 0.259 e. The topological polar surface area (TPSA) is 78.9 Å². The molecule has 2 amide bonds. The second kappa shape index (κ2) is 7.56. The number of hydrogen-bond acceptors (Lipinski definition) is 3. The minimum Gasteiger partial charge on any atom is -0.361 e. The lowest BCUT2D eigenvalue weighted by Crippen LogP contribution is -2.22. The highest BCUT2D eigenvalue weighted by atomic mass is 16.2. The van der Waals surface area contributed by atoms with Crippen LogP contribution in [0, 0.1) is 6.92 Å². The van der Waals surface area contributed by atoms with Crippen LogP contribution in [0.2, 0.25) is 0 Å². The molecule has 6 heteroatoms. The van der Waals surface area contributed by atoms with Crippen molar-refractivity contribution < 1.29 is 9.59 Å². The minimum atomic E-state index is -0.353. The van der Waals surface area contributed by atoms with Crippen molar-refractivity contribution >= 4 is 44.8 Å². The van der Waals surface area contributed by atoms with E-state index in [0.29, 0.717) is 11.1 Å². The summed E-state index contributed by atoms with van der Waals surface area (Å²) in [4.78, 5) is 29.1. The first kappa shape index (κ1) is 19.3. The number of carbonyl (C=O) groups excluding carboxylic acids is 2. The Morgan fingerprint density at radius 3 is 2.48 bits per heavy atom. The van der Waals surface area contributed by atoms with Crippen LogP contribution in [-0.4, -0.2) is 35.0 Å². The fourth-order valence-electron chi connectivity index (χ4n) is 4.60. The molecular weight excluding hydrogens is 388 g/mol. The Bertz CT molecular complexity index is 1370. The van der Waals surface area contributed by atoms with Crippen LogP contribution >= 0.6 is 0 Å². The molecule has 0 saturated heterocycles. The van der Waals surface area contributed by atoms with Crippen molar-refractivity contribution in [1.82, 2.24) is 20.2 Å². The molecule has 0 bridgehead atoms. The fourth-order valence-corrected chi connectivity index (χ4v) is 4.60. The molecule has 0 atom stereocenters. The Balaban J connectivity index is 1.76. The zero-order valence-electron chi connectivity index (χ0n) is 17.6. The van der Waals surface area contributed by atoms with E-state index in [1.807, 2.05) is 55.8 Å². The number of aromatic nitrogens is 2. The summed E-state index contributed by atoms with van der Waals surface area (Å²) < 4.78 is 2.20. The Hall–Kier alpha value is -3.64. The maximum atomic E-state index is 13.0. The number of carbonyl (C=O) groups is 2. The normalized spacial score (nSPS) is 14.3. The van der Waals surface area contributed by atoms with Gasteiger partial charge in [0, 0.05) is 46.4 Å². The molecule has 0 spiro atoms. The van der Waals surface area contributed by atoms with Gasteiger partial charge in [-0.3, -0.25) is 14.9 Å². The van der Waals surface area contributed by atoms with Gasteiger partial charge in [0.25, 0.3) is 11.8 Å². The van der Waals surface area contributed by atoms with Crippen LogP contribution in [0.25, 0.3) is 33.0 Å². The van der Waals surface area contributed by atoms with Gasteiger partial charge in [-0.25, -0.2) is 0 Å². The van der Waals surface area contributed by atoms with Crippen LogP contribution in [0.3, 0.4) is 0 Å². The van der Waals surface area contributed by atoms with Crippen LogP contribution in [-0.2, 0) is 16.1 Å². The number of aryl methyl sites for hydroxylation is 2. The molecule has 2 aromatic carbocycles. The van der Waals surface area contributed by atoms with Crippen molar-refractivity contribution in [2.24, 2.45) is 0 Å². The highest BCUT2D eigenvalue weighted by Crippen LogP contribution is 2.38. The van der Waals surface area contributed by atoms with Crippen molar-refractivity contribution in [2.45, 2.75) is 19.9 Å². The molecule has 6 nitrogen and oxygen atoms in total. The molecule has 0 fully saturated rings. The van der Waals surface area contributed by atoms with Crippen molar-refractivity contribution in [2.75, 3.05) is 13.6 Å². The van der Waals surface area contributed by atoms with Crippen LogP contribution in [0.1, 0.15) is 23.1 Å². The maximum absolute atomic E-state index is 13.0. The third kappa shape index (κ3) is 3.07. The molecule has 31 heavy (non-hydrogen) atoms. The van der Waals surface area contributed by atoms with Crippen molar-refractivity contribution in [3.05, 3.63) is 71.5 Å². The summed E-state index contributed by atoms with van der Waals surface area (Å²) in [5.41, 5.74) is 5.60. The lowest BCUT2D eigenvalue weighted by Gasteiger charge is -2.07. The number of para-hydroxylation sites is 2. The Kier molecular flexibility index (Phi) is 4.71. The van der Waals surface area contributed by atoms with Crippen LogP contribution in [0.15, 0.2) is 54.9 Å². The molecule has 0 aliphatic carbocycles. The Labute approximate surface area is 179 Å². The van der Waals surface area contributed by atoms with Gasteiger partial charge in [0.15, 0.2) is 0 Å². The quantitative estimate of drug-likeness (QED) is 0.334. The lowest BCUT2D eigenvalue weighted by atomic mass is 9.95. The van der Waals surface area contributed by atoms with Crippen molar-refractivity contribution in [3.8, 4) is 0 Å². The van der Waals surface area contributed by atoms with Crippen LogP contribution in [0.4, 0.5) is 0 Å². The van der Waals surface area contributed by atoms with E-state index in [9.17, 15) is 9.59 Å². The molecule has 3 heterocycles. The third-order valence-corrected chi connectivity index (χ3v) is 5.98. The number of hydrogen-bond donors (Lipinski definition) is 3. The van der Waals surface area contributed by atoms with E-state index in [1.54, 1.807) is 0 Å². The summed E-state index contributed by atoms with van der Waals surface area (Å²) in [5.74, 6) is -0.699. The van der Waals surface area contributed by atoms with E-state index in [0.717, 1.165) is 58.0 Å². The number of amides is 2. The summed E-state index contributed by atoms with van der Waals surface area (Å²) in [7, 11) is 1.94. The van der Waals surface area contributed by atoms with Gasteiger partial charge in [-0.15, -0.1) is 0 Å². The largest absolute Gasteiger partial charge is 0.361 e. The zero-order chi connectivity index (χ0) is 21.5. The molecule has 0 saturated carbocycles. The van der Waals surface area contributed by atoms with Gasteiger partial charge >= 0.3 is 0 Å². The number of nitrogens with one attached hydrogen (secondary N) is 3. The van der Waals surface area contributed by atoms with Gasteiger partial charge in [-0.1, -0.05) is 36.4 Å². The van der Waals surface area contributed by atoms with Crippen molar-refractivity contribution in [1.29, 1.82) is 0 Å². The monoisotopic (exact) mass is 412 g/mol. The lowest BCUT2D eigenvalue weighted by molar-refractivity contribution is -0.122. The van der Waals surface area contributed by atoms with Crippen molar-refractivity contribution in [3.63, 3.8) is 0 Å². The number of imide groups is 1. The second-order valence-electron chi connectivity index (χ2n) is 7.95. The Morgan fingerprint density at radius 1 is 0.935 bits per heavy atom. The van der Waals surface area contributed by atoms with Gasteiger partial charge in [0.1, 0.15) is 0 Å². The zero-order valence-corrected chi connectivity index (χ0v) is 17.6. The average Bonchev–Trinajstić information content (AvgIpc) is 3.42. The number of aromatic amines is 1. The standard InChI is InChI=1S/C25H24N4O2/c1-15-7-5-9-17-19(14-29(23(15)17)12-6-11-26-2)22-21(24(30)28-25(22)31)18-13-27-20-10-4-3-8-16(18)20/h3-5,7-10,13-14,26-27H,6,11-12H2,1-2H3,(H,28,30,31). The predicted molar refractivity (Wildman–Crippen MR) is 123 cm³/mol. The van der Waals surface area contributed by atoms with Gasteiger partial charge in [-0.05, 0) is 38.6 Å². The Morgan fingerprint density at radius 2 is 1.68 bits per heavy atom. The number of H-pyrrole nitrogens is 1. The summed E-state index contributed by atoms with van der Waals surface area (Å²) in [6, 6.07) is 13.9. The van der Waals surface area contributed by atoms with E-state index in [4.69, 9.17) is 0 Å². The average molecular weight is 412 g/mol. The molecule has 0 unspecified atom stereocenters. The molecular formula is C25H24N4O2. The molecule has 5 rings (SSSR count). The minimum absolute atomic E-state index is 0.346. The predicted octanol–water partition coefficient (Wildman–Crippen LogP) is 3.61. The number of rotatable bonds is 6. The molecule has 1 aliphatic heterocycles. The summed E-state index contributed by atoms with van der Waals surface area (Å²) >= 11 is 0. The second-order valence-corrected chi connectivity index (χ2v) is 7.95. The van der Waals surface area contributed by atoms with Gasteiger partial charge < -0.3 is 14.9 Å². The molecule has 4 aromatic rings. The van der Waals surface area contributed by atoms with Gasteiger partial charge in [0.2, 0.25) is 0 Å². The number of benzene rings is 2. The first-order valence-corrected chi connectivity index (χ1v) is 10.5. The van der Waals surface area contributed by atoms with Gasteiger partial charge in [0.05, 0.1) is 16.7 Å². The van der Waals surface area contributed by atoms with E-state index in [-0.39, 0.29) is 11.8 Å². The summed E-state index contributed by atoms with van der Waals surface area (Å²) in [6.07, 6.45) is 4.80. The highest BCUT2D eigenvalue weighted by Gasteiger charge is 2.35. The molecule has 3 N–H and O–H groups in total. The third-order valence-electron chi connectivity index (χ3n) is 5.98. The van der Waals surface area contributed by atoms with Crippen LogP contribution in [0.5, 0.6) is 0 Å². The number of nitrogens with zero attached hydrogens (tertiary/aromatic N) is 1. The summed E-state index contributed by atoms with van der Waals surface area (Å²) in [6.45, 7) is 3.81. The fraction of sp³-hybridized carbons (Fsp3) is 0.200. The molecule has 2 aromatic heterocycles. The molecule has 0 radical (unpaired) electrons. The smallest absolute Gasteiger partial charge is 0.259 e.